The highest BCUT2D eigenvalue weighted by Crippen LogP contribution is 2.19. The van der Waals surface area contributed by atoms with Crippen LogP contribution in [-0.4, -0.2) is 15.0 Å². The van der Waals surface area contributed by atoms with Crippen molar-refractivity contribution in [1.29, 1.82) is 5.26 Å². The van der Waals surface area contributed by atoms with Crippen LogP contribution in [0.5, 0.6) is 0 Å². The molecule has 0 atom stereocenters. The number of allylic oxidation sites excluding steroid dienone is 1. The Balaban J connectivity index is 1.97. The van der Waals surface area contributed by atoms with Gasteiger partial charge in [-0.15, -0.1) is 0 Å². The third-order valence-electron chi connectivity index (χ3n) is 3.54. The highest BCUT2D eigenvalue weighted by atomic mass is 19.1. The van der Waals surface area contributed by atoms with Gasteiger partial charge in [0.1, 0.15) is 11.9 Å². The Hall–Kier alpha value is -3.79. The van der Waals surface area contributed by atoms with E-state index < -0.39 is 0 Å². The van der Waals surface area contributed by atoms with Crippen LogP contribution in [0.2, 0.25) is 0 Å². The van der Waals surface area contributed by atoms with Crippen LogP contribution in [-0.2, 0) is 0 Å². The summed E-state index contributed by atoms with van der Waals surface area (Å²) >= 11 is 0. The lowest BCUT2D eigenvalue weighted by molar-refractivity contribution is 0.618. The third-order valence-corrected chi connectivity index (χ3v) is 3.54. The number of benzene rings is 2. The number of para-hydroxylation sites is 1. The molecular formula is C19H15FN6. The summed E-state index contributed by atoms with van der Waals surface area (Å²) in [6.07, 6.45) is 1.58. The van der Waals surface area contributed by atoms with Gasteiger partial charge in [0.05, 0.1) is 5.57 Å². The average molecular weight is 346 g/mol. The fourth-order valence-electron chi connectivity index (χ4n) is 2.29. The van der Waals surface area contributed by atoms with E-state index in [9.17, 15) is 9.65 Å². The summed E-state index contributed by atoms with van der Waals surface area (Å²) in [5.74, 6) is 0.0554. The molecule has 0 spiro atoms. The molecule has 1 aromatic heterocycles. The Morgan fingerprint density at radius 1 is 1.15 bits per heavy atom. The van der Waals surface area contributed by atoms with Crippen molar-refractivity contribution >= 4 is 29.2 Å². The Labute approximate surface area is 149 Å². The first-order chi connectivity index (χ1) is 12.5. The quantitative estimate of drug-likeness (QED) is 0.699. The van der Waals surface area contributed by atoms with Gasteiger partial charge in [0.2, 0.25) is 11.9 Å². The Bertz CT molecular complexity index is 1010. The molecule has 0 fully saturated rings. The molecule has 0 aliphatic carbocycles. The molecule has 0 saturated heterocycles. The fraction of sp³-hybridized carbons (Fsp3) is 0.0526. The summed E-state index contributed by atoms with van der Waals surface area (Å²) < 4.78 is 13.4. The Morgan fingerprint density at radius 2 is 1.92 bits per heavy atom. The van der Waals surface area contributed by atoms with Gasteiger partial charge in [0, 0.05) is 5.69 Å². The first kappa shape index (κ1) is 17.0. The highest BCUT2D eigenvalue weighted by Gasteiger charge is 2.10. The first-order valence-electron chi connectivity index (χ1n) is 7.77. The molecule has 0 radical (unpaired) electrons. The van der Waals surface area contributed by atoms with E-state index in [0.717, 1.165) is 5.69 Å². The molecule has 3 rings (SSSR count). The van der Waals surface area contributed by atoms with Gasteiger partial charge < -0.3 is 11.1 Å². The average Bonchev–Trinajstić information content (AvgIpc) is 2.63. The van der Waals surface area contributed by atoms with Gasteiger partial charge in [0.15, 0.2) is 5.82 Å². The summed E-state index contributed by atoms with van der Waals surface area (Å²) in [7, 11) is 0. The van der Waals surface area contributed by atoms with Gasteiger partial charge in [-0.2, -0.15) is 20.2 Å². The van der Waals surface area contributed by atoms with E-state index in [0.29, 0.717) is 11.1 Å². The number of hydrogen-bond acceptors (Lipinski definition) is 6. The SMILES string of the molecule is Cc1cc(/C=C(/C#N)c2nc(N)nc(Nc3ccccc3)n2)ccc1F. The third kappa shape index (κ3) is 3.99. The number of nitrogens with one attached hydrogen (secondary N) is 1. The Morgan fingerprint density at radius 3 is 2.62 bits per heavy atom. The zero-order valence-corrected chi connectivity index (χ0v) is 13.9. The number of nitriles is 1. The number of nitrogen functional groups attached to an aromatic ring is 1. The number of hydrogen-bond donors (Lipinski definition) is 2. The van der Waals surface area contributed by atoms with Crippen molar-refractivity contribution in [2.45, 2.75) is 6.92 Å². The Kier molecular flexibility index (Phi) is 4.85. The van der Waals surface area contributed by atoms with Gasteiger partial charge in [0.25, 0.3) is 0 Å². The zero-order valence-electron chi connectivity index (χ0n) is 13.9. The van der Waals surface area contributed by atoms with Gasteiger partial charge in [-0.25, -0.2) is 4.39 Å². The van der Waals surface area contributed by atoms with E-state index in [1.165, 1.54) is 6.07 Å². The maximum Gasteiger partial charge on any atom is 0.232 e. The molecule has 0 aliphatic heterocycles. The minimum atomic E-state index is -0.306. The van der Waals surface area contributed by atoms with Crippen molar-refractivity contribution in [3.05, 3.63) is 71.3 Å². The van der Waals surface area contributed by atoms with Crippen molar-refractivity contribution in [2.75, 3.05) is 11.1 Å². The molecule has 7 heteroatoms. The minimum Gasteiger partial charge on any atom is -0.368 e. The number of rotatable bonds is 4. The predicted octanol–water partition coefficient (Wildman–Crippen LogP) is 3.71. The van der Waals surface area contributed by atoms with E-state index in [1.807, 2.05) is 30.3 Å². The monoisotopic (exact) mass is 346 g/mol. The lowest BCUT2D eigenvalue weighted by atomic mass is 10.1. The molecule has 3 N–H and O–H groups in total. The van der Waals surface area contributed by atoms with Gasteiger partial charge >= 0.3 is 0 Å². The zero-order chi connectivity index (χ0) is 18.5. The van der Waals surface area contributed by atoms with Crippen LogP contribution in [0.15, 0.2) is 48.5 Å². The van der Waals surface area contributed by atoms with E-state index in [4.69, 9.17) is 5.73 Å². The number of nitrogens with zero attached hydrogens (tertiary/aromatic N) is 4. The number of halogens is 1. The smallest absolute Gasteiger partial charge is 0.232 e. The second-order valence-corrected chi connectivity index (χ2v) is 5.51. The van der Waals surface area contributed by atoms with Crippen molar-refractivity contribution in [2.24, 2.45) is 0 Å². The molecule has 0 unspecified atom stereocenters. The molecule has 128 valence electrons. The van der Waals surface area contributed by atoms with Crippen LogP contribution in [0.1, 0.15) is 17.0 Å². The summed E-state index contributed by atoms with van der Waals surface area (Å²) in [5.41, 5.74) is 7.88. The first-order valence-corrected chi connectivity index (χ1v) is 7.77. The lowest BCUT2D eigenvalue weighted by Gasteiger charge is -2.07. The van der Waals surface area contributed by atoms with Gasteiger partial charge in [-0.3, -0.25) is 0 Å². The predicted molar refractivity (Wildman–Crippen MR) is 98.6 cm³/mol. The molecule has 0 amide bonds. The molecule has 0 aliphatic rings. The van der Waals surface area contributed by atoms with Crippen LogP contribution in [0.3, 0.4) is 0 Å². The highest BCUT2D eigenvalue weighted by molar-refractivity contribution is 5.87. The van der Waals surface area contributed by atoms with Crippen LogP contribution >= 0.6 is 0 Å². The maximum atomic E-state index is 13.4. The van der Waals surface area contributed by atoms with Crippen LogP contribution < -0.4 is 11.1 Å². The van der Waals surface area contributed by atoms with Gasteiger partial charge in [-0.05, 0) is 48.4 Å². The molecule has 0 bridgehead atoms. The van der Waals surface area contributed by atoms with E-state index >= 15 is 0 Å². The van der Waals surface area contributed by atoms with Crippen molar-refractivity contribution in [3.8, 4) is 6.07 Å². The van der Waals surface area contributed by atoms with Crippen LogP contribution in [0, 0.1) is 24.1 Å². The van der Waals surface area contributed by atoms with E-state index in [-0.39, 0.29) is 29.1 Å². The van der Waals surface area contributed by atoms with Crippen LogP contribution in [0.25, 0.3) is 11.6 Å². The standard InChI is InChI=1S/C19H15FN6/c1-12-9-13(7-8-16(12)20)10-14(11-21)17-24-18(22)26-19(25-17)23-15-5-3-2-4-6-15/h2-10H,1H3,(H3,22,23,24,25,26)/b14-10-. The summed E-state index contributed by atoms with van der Waals surface area (Å²) in [6.45, 7) is 1.65. The van der Waals surface area contributed by atoms with Crippen molar-refractivity contribution in [3.63, 3.8) is 0 Å². The maximum absolute atomic E-state index is 13.4. The van der Waals surface area contributed by atoms with E-state index in [1.54, 1.807) is 25.1 Å². The number of aromatic nitrogens is 3. The van der Waals surface area contributed by atoms with Crippen molar-refractivity contribution < 1.29 is 4.39 Å². The molecule has 3 aromatic rings. The second-order valence-electron chi connectivity index (χ2n) is 5.51. The van der Waals surface area contributed by atoms with Crippen LogP contribution in [0.4, 0.5) is 22.0 Å². The molecular weight excluding hydrogens is 331 g/mol. The van der Waals surface area contributed by atoms with Crippen molar-refractivity contribution in [1.82, 2.24) is 15.0 Å². The summed E-state index contributed by atoms with van der Waals surface area (Å²) in [5, 5.41) is 12.5. The largest absolute Gasteiger partial charge is 0.368 e. The molecule has 26 heavy (non-hydrogen) atoms. The topological polar surface area (TPSA) is 101 Å². The lowest BCUT2D eigenvalue weighted by Crippen LogP contribution is -2.06. The van der Waals surface area contributed by atoms with Gasteiger partial charge in [-0.1, -0.05) is 24.3 Å². The number of nitrogens with two attached hydrogens (primary N) is 1. The summed E-state index contributed by atoms with van der Waals surface area (Å²) in [4.78, 5) is 12.3. The molecule has 6 nitrogen and oxygen atoms in total. The second kappa shape index (κ2) is 7.40. The fourth-order valence-corrected chi connectivity index (χ4v) is 2.29. The molecule has 1 heterocycles. The number of anilines is 3. The summed E-state index contributed by atoms with van der Waals surface area (Å²) in [6, 6.07) is 15.9. The van der Waals surface area contributed by atoms with E-state index in [2.05, 4.69) is 26.3 Å². The number of aryl methyl sites for hydroxylation is 1. The normalized spacial score (nSPS) is 11.0. The minimum absolute atomic E-state index is 0.00938. The molecule has 0 saturated carbocycles. The molecule has 2 aromatic carbocycles.